The van der Waals surface area contributed by atoms with E-state index in [9.17, 15) is 9.59 Å². The maximum absolute atomic E-state index is 13.0. The molecule has 2 aromatic heterocycles. The number of ether oxygens (including phenoxy) is 1. The van der Waals surface area contributed by atoms with Crippen LogP contribution in [0.4, 0.5) is 0 Å². The minimum atomic E-state index is -0.320. The second-order valence-corrected chi connectivity index (χ2v) is 8.99. The van der Waals surface area contributed by atoms with Crippen molar-refractivity contribution in [3.05, 3.63) is 40.3 Å². The maximum Gasteiger partial charge on any atom is 0.271 e. The van der Waals surface area contributed by atoms with Crippen LogP contribution in [0.15, 0.2) is 29.2 Å². The number of benzene rings is 1. The Labute approximate surface area is 152 Å². The highest BCUT2D eigenvalue weighted by molar-refractivity contribution is 8.00. The topological polar surface area (TPSA) is 63.9 Å². The van der Waals surface area contributed by atoms with Gasteiger partial charge in [-0.05, 0) is 32.0 Å². The zero-order chi connectivity index (χ0) is 17.8. The smallest absolute Gasteiger partial charge is 0.271 e. The van der Waals surface area contributed by atoms with E-state index in [1.807, 2.05) is 26.0 Å². The van der Waals surface area contributed by atoms with Gasteiger partial charge in [-0.25, -0.2) is 4.98 Å². The van der Waals surface area contributed by atoms with Crippen LogP contribution in [-0.2, 0) is 0 Å². The minimum Gasteiger partial charge on any atom is -0.497 e. The van der Waals surface area contributed by atoms with E-state index >= 15 is 0 Å². The molecular formula is C17H17N3O3S2. The first kappa shape index (κ1) is 16.4. The molecule has 1 saturated heterocycles. The van der Waals surface area contributed by atoms with Gasteiger partial charge in [-0.15, -0.1) is 11.8 Å². The van der Waals surface area contributed by atoms with Gasteiger partial charge in [0, 0.05) is 18.5 Å². The van der Waals surface area contributed by atoms with Crippen LogP contribution in [0, 0.1) is 0 Å². The highest BCUT2D eigenvalue weighted by atomic mass is 32.2. The lowest BCUT2D eigenvalue weighted by atomic mass is 10.2. The third-order valence-electron chi connectivity index (χ3n) is 4.43. The van der Waals surface area contributed by atoms with Crippen LogP contribution in [-0.4, -0.2) is 44.5 Å². The van der Waals surface area contributed by atoms with Gasteiger partial charge in [-0.2, -0.15) is 0 Å². The predicted octanol–water partition coefficient (Wildman–Crippen LogP) is 2.84. The van der Waals surface area contributed by atoms with Crippen molar-refractivity contribution in [1.82, 2.24) is 14.3 Å². The number of fused-ring (bicyclic) bond motifs is 3. The Morgan fingerprint density at radius 2 is 2.16 bits per heavy atom. The van der Waals surface area contributed by atoms with Crippen molar-refractivity contribution < 1.29 is 9.53 Å². The van der Waals surface area contributed by atoms with Crippen molar-refractivity contribution in [3.63, 3.8) is 0 Å². The van der Waals surface area contributed by atoms with Crippen LogP contribution >= 0.6 is 23.1 Å². The SMILES string of the molecule is COc1ccc2c(c1)sc1ncc(C(=O)N3CCSC3(C)C)c(=O)n12. The van der Waals surface area contributed by atoms with Gasteiger partial charge in [-0.3, -0.25) is 14.0 Å². The first-order valence-corrected chi connectivity index (χ1v) is 9.67. The summed E-state index contributed by atoms with van der Waals surface area (Å²) in [6, 6.07) is 5.50. The molecule has 4 rings (SSSR count). The lowest BCUT2D eigenvalue weighted by Crippen LogP contribution is -2.43. The monoisotopic (exact) mass is 375 g/mol. The molecule has 0 atom stereocenters. The number of aromatic nitrogens is 2. The fourth-order valence-corrected chi connectivity index (χ4v) is 5.20. The molecule has 3 aromatic rings. The Morgan fingerprint density at radius 1 is 1.36 bits per heavy atom. The Bertz CT molecular complexity index is 1050. The molecule has 1 fully saturated rings. The van der Waals surface area contributed by atoms with Gasteiger partial charge >= 0.3 is 0 Å². The molecule has 0 N–H and O–H groups in total. The summed E-state index contributed by atoms with van der Waals surface area (Å²) in [5, 5.41) is 0. The summed E-state index contributed by atoms with van der Waals surface area (Å²) in [5.74, 6) is 1.34. The molecule has 0 radical (unpaired) electrons. The number of hydrogen-bond acceptors (Lipinski definition) is 6. The van der Waals surface area contributed by atoms with Crippen LogP contribution in [0.5, 0.6) is 5.75 Å². The summed E-state index contributed by atoms with van der Waals surface area (Å²) in [6.45, 7) is 4.64. The molecule has 0 unspecified atom stereocenters. The van der Waals surface area contributed by atoms with Gasteiger partial charge in [-0.1, -0.05) is 11.3 Å². The molecule has 1 amide bonds. The van der Waals surface area contributed by atoms with Crippen molar-refractivity contribution in [2.24, 2.45) is 0 Å². The third-order valence-corrected chi connectivity index (χ3v) is 6.76. The molecule has 1 aliphatic heterocycles. The summed E-state index contributed by atoms with van der Waals surface area (Å²) in [7, 11) is 1.60. The lowest BCUT2D eigenvalue weighted by molar-refractivity contribution is 0.0705. The summed E-state index contributed by atoms with van der Waals surface area (Å²) >= 11 is 3.11. The number of thioether (sulfide) groups is 1. The third kappa shape index (κ3) is 2.51. The second-order valence-electron chi connectivity index (χ2n) is 6.28. The van der Waals surface area contributed by atoms with Crippen LogP contribution < -0.4 is 10.3 Å². The standard InChI is InChI=1S/C17H17N3O3S2/c1-17(2)19(6-7-24-17)14(21)11-9-18-16-20(15(11)22)12-5-4-10(23-3)8-13(12)25-16/h4-5,8-9H,6-7H2,1-3H3. The van der Waals surface area contributed by atoms with E-state index in [2.05, 4.69) is 4.98 Å². The van der Waals surface area contributed by atoms with Gasteiger partial charge in [0.25, 0.3) is 11.5 Å². The summed E-state index contributed by atoms with van der Waals surface area (Å²) < 4.78 is 7.65. The van der Waals surface area contributed by atoms with Crippen LogP contribution in [0.1, 0.15) is 24.2 Å². The molecule has 0 bridgehead atoms. The summed E-state index contributed by atoms with van der Waals surface area (Å²) in [6.07, 6.45) is 1.41. The molecule has 1 aliphatic rings. The van der Waals surface area contributed by atoms with Gasteiger partial charge < -0.3 is 9.64 Å². The number of carbonyl (C=O) groups excluding carboxylic acids is 1. The highest BCUT2D eigenvalue weighted by Gasteiger charge is 2.37. The average molecular weight is 375 g/mol. The Morgan fingerprint density at radius 3 is 2.84 bits per heavy atom. The van der Waals surface area contributed by atoms with E-state index < -0.39 is 0 Å². The van der Waals surface area contributed by atoms with Gasteiger partial charge in [0.2, 0.25) is 0 Å². The van der Waals surface area contributed by atoms with E-state index in [1.54, 1.807) is 29.8 Å². The molecule has 6 nitrogen and oxygen atoms in total. The number of hydrogen-bond donors (Lipinski definition) is 0. The molecule has 3 heterocycles. The number of rotatable bonds is 2. The van der Waals surface area contributed by atoms with E-state index in [4.69, 9.17) is 4.74 Å². The lowest BCUT2D eigenvalue weighted by Gasteiger charge is -2.30. The molecule has 130 valence electrons. The predicted molar refractivity (Wildman–Crippen MR) is 101 cm³/mol. The molecule has 0 spiro atoms. The van der Waals surface area contributed by atoms with Crippen molar-refractivity contribution in [2.45, 2.75) is 18.7 Å². The number of carbonyl (C=O) groups is 1. The Hall–Kier alpha value is -2.06. The second kappa shape index (κ2) is 5.74. The average Bonchev–Trinajstić information content (AvgIpc) is 3.13. The summed E-state index contributed by atoms with van der Waals surface area (Å²) in [4.78, 5) is 32.3. The first-order chi connectivity index (χ1) is 11.9. The maximum atomic E-state index is 13.0. The number of amides is 1. The quantitative estimate of drug-likeness (QED) is 0.689. The molecule has 0 saturated carbocycles. The van der Waals surface area contributed by atoms with E-state index in [-0.39, 0.29) is 21.9 Å². The molecule has 8 heteroatoms. The van der Waals surface area contributed by atoms with Gasteiger partial charge in [0.05, 0.1) is 22.2 Å². The van der Waals surface area contributed by atoms with Crippen molar-refractivity contribution in [2.75, 3.05) is 19.4 Å². The fraction of sp³-hybridized carbons (Fsp3) is 0.353. The van der Waals surface area contributed by atoms with Crippen LogP contribution in [0.2, 0.25) is 0 Å². The summed E-state index contributed by atoms with van der Waals surface area (Å²) in [5.41, 5.74) is 0.533. The number of nitrogens with zero attached hydrogens (tertiary/aromatic N) is 3. The molecule has 1 aromatic carbocycles. The Balaban J connectivity index is 1.89. The minimum absolute atomic E-state index is 0.114. The van der Waals surface area contributed by atoms with Gasteiger partial charge in [0.1, 0.15) is 11.3 Å². The number of thiazole rings is 1. The van der Waals surface area contributed by atoms with Gasteiger partial charge in [0.15, 0.2) is 4.96 Å². The van der Waals surface area contributed by atoms with Crippen LogP contribution in [0.3, 0.4) is 0 Å². The number of methoxy groups -OCH3 is 1. The van der Waals surface area contributed by atoms with E-state index in [1.165, 1.54) is 21.9 Å². The van der Waals surface area contributed by atoms with Crippen LogP contribution in [0.25, 0.3) is 15.2 Å². The Kier molecular flexibility index (Phi) is 3.77. The van der Waals surface area contributed by atoms with E-state index in [0.29, 0.717) is 11.5 Å². The van der Waals surface area contributed by atoms with Crippen molar-refractivity contribution in [1.29, 1.82) is 0 Å². The van der Waals surface area contributed by atoms with Crippen molar-refractivity contribution in [3.8, 4) is 5.75 Å². The highest BCUT2D eigenvalue weighted by Crippen LogP contribution is 2.35. The van der Waals surface area contributed by atoms with Crippen molar-refractivity contribution >= 4 is 44.2 Å². The largest absolute Gasteiger partial charge is 0.497 e. The fourth-order valence-electron chi connectivity index (χ4n) is 3.08. The molecule has 25 heavy (non-hydrogen) atoms. The zero-order valence-electron chi connectivity index (χ0n) is 14.1. The first-order valence-electron chi connectivity index (χ1n) is 7.86. The molecule has 0 aliphatic carbocycles. The van der Waals surface area contributed by atoms with E-state index in [0.717, 1.165) is 21.7 Å². The molecular weight excluding hydrogens is 358 g/mol. The normalized spacial score (nSPS) is 16.7. The zero-order valence-corrected chi connectivity index (χ0v) is 15.7.